The first-order chi connectivity index (χ1) is 39.1. The first kappa shape index (κ1) is 57.0. The number of halogens is 1. The average molecular weight is 1220 g/mol. The van der Waals surface area contributed by atoms with E-state index in [9.17, 15) is 0 Å². The summed E-state index contributed by atoms with van der Waals surface area (Å²) in [5, 5.41) is 30.1. The molecular formula is C57H72BrN15O5S3. The summed E-state index contributed by atoms with van der Waals surface area (Å²) in [6.45, 7) is 19.0. The van der Waals surface area contributed by atoms with Gasteiger partial charge in [0.1, 0.15) is 17.5 Å². The molecule has 5 aliphatic heterocycles. The van der Waals surface area contributed by atoms with Gasteiger partial charge in [-0.3, -0.25) is 5.10 Å². The second-order valence-electron chi connectivity index (χ2n) is 22.9. The predicted molar refractivity (Wildman–Crippen MR) is 331 cm³/mol. The Morgan fingerprint density at radius 2 is 1.07 bits per heavy atom. The summed E-state index contributed by atoms with van der Waals surface area (Å²) in [5.74, 6) is 2.28. The van der Waals surface area contributed by atoms with Gasteiger partial charge in [-0.2, -0.15) is 15.3 Å². The van der Waals surface area contributed by atoms with Gasteiger partial charge in [0, 0.05) is 59.5 Å². The number of thiophene rings is 3. The van der Waals surface area contributed by atoms with Crippen LogP contribution in [0.3, 0.4) is 0 Å². The first-order valence-electron chi connectivity index (χ1n) is 27.7. The van der Waals surface area contributed by atoms with E-state index >= 15 is 0 Å². The lowest BCUT2D eigenvalue weighted by Gasteiger charge is -2.28. The number of pyridine rings is 3. The van der Waals surface area contributed by atoms with E-state index < -0.39 is 0 Å². The number of hydrogen-bond donors (Lipinski definition) is 7. The zero-order valence-electron chi connectivity index (χ0n) is 46.6. The number of nitrogens with one attached hydrogen (secondary N) is 5. The summed E-state index contributed by atoms with van der Waals surface area (Å²) in [5.41, 5.74) is 19.2. The van der Waals surface area contributed by atoms with E-state index in [0.29, 0.717) is 23.9 Å². The van der Waals surface area contributed by atoms with Crippen LogP contribution in [0.2, 0.25) is 0 Å². The van der Waals surface area contributed by atoms with Crippen molar-refractivity contribution in [2.45, 2.75) is 122 Å². The minimum absolute atomic E-state index is 0.0183. The van der Waals surface area contributed by atoms with Gasteiger partial charge in [-0.05, 0) is 138 Å². The lowest BCUT2D eigenvalue weighted by atomic mass is 10.1. The molecule has 2 atom stereocenters. The molecule has 81 heavy (non-hydrogen) atoms. The summed E-state index contributed by atoms with van der Waals surface area (Å²) in [4.78, 5) is 17.5. The summed E-state index contributed by atoms with van der Waals surface area (Å²) < 4.78 is 35.7. The Hall–Kier alpha value is -5.80. The van der Waals surface area contributed by atoms with Crippen LogP contribution in [0.25, 0.3) is 62.4 Å². The third-order valence-electron chi connectivity index (χ3n) is 13.5. The Morgan fingerprint density at radius 3 is 1.54 bits per heavy atom. The van der Waals surface area contributed by atoms with Gasteiger partial charge < -0.3 is 56.4 Å². The SMILES string of the molecule is CC(C)(C)Nc1cc(Br)c2sc(-c3ccnn3C3CCCCO3)cc2n1.CC(C)(C)Nc1cc(NC2COC2)c2sc(-c3ccnn3C3CCCCO3)cc2n1.NC1COC1.Nc1cc(NC2COC2)c2sc(-c3ccn[nH]3)cc2n1. The third-order valence-corrected chi connectivity index (χ3v) is 18.0. The molecule has 20 nitrogen and oxygen atoms in total. The van der Waals surface area contributed by atoms with E-state index in [1.807, 2.05) is 40.0 Å². The molecule has 0 spiro atoms. The fourth-order valence-corrected chi connectivity index (χ4v) is 13.4. The maximum absolute atomic E-state index is 5.98. The molecule has 5 aliphatic rings. The number of H-pyrrole nitrogens is 1. The van der Waals surface area contributed by atoms with Gasteiger partial charge in [0.25, 0.3) is 0 Å². The van der Waals surface area contributed by atoms with Gasteiger partial charge in [0.15, 0.2) is 12.5 Å². The van der Waals surface area contributed by atoms with Crippen LogP contribution >= 0.6 is 49.9 Å². The largest absolute Gasteiger partial charge is 0.384 e. The van der Waals surface area contributed by atoms with Crippen LogP contribution in [-0.2, 0) is 23.7 Å². The van der Waals surface area contributed by atoms with E-state index in [-0.39, 0.29) is 23.5 Å². The molecule has 9 aromatic rings. The highest BCUT2D eigenvalue weighted by molar-refractivity contribution is 9.10. The number of anilines is 5. The Bertz CT molecular complexity index is 3520. The molecular weight excluding hydrogens is 1150 g/mol. The van der Waals surface area contributed by atoms with Crippen LogP contribution in [-0.4, -0.2) is 127 Å². The van der Waals surface area contributed by atoms with Crippen molar-refractivity contribution < 1.29 is 23.7 Å². The standard InChI is InChI=1S/C22H29N5O2S.C19H23BrN4OS.C13H13N5OS.C3H7NO/c1-22(2,3)26-19-11-16(24-14-12-28-13-14)21-15(25-19)10-18(30-21)17-7-8-23-27(17)20-6-4-5-9-29-20;1-19(2,3)23-16-10-12(20)18-13(22-16)11-15(26-18)14-7-8-21-24(14)17-6-4-5-9-25-17;14-12-4-10(16-7-5-19-6-7)13-9(17-12)3-11(20-13)8-1-2-15-18-8;4-3-1-5-2-3/h7-8,10-11,14,20H,4-6,9,12-13H2,1-3H3,(H2,24,25,26);7-8,10-11,17H,4-6,9H2,1-3H3,(H,22,23);1-4,7H,5-6H2,(H,15,18)(H3,14,16,17);3H,1-2,4H2. The molecule has 0 saturated carbocycles. The lowest BCUT2D eigenvalue weighted by molar-refractivity contribution is -0.0384. The molecule has 0 aliphatic carbocycles. The third kappa shape index (κ3) is 14.2. The zero-order valence-corrected chi connectivity index (χ0v) is 50.6. The van der Waals surface area contributed by atoms with Crippen molar-refractivity contribution in [3.8, 4) is 31.7 Å². The van der Waals surface area contributed by atoms with Crippen LogP contribution in [0.4, 0.5) is 28.8 Å². The van der Waals surface area contributed by atoms with E-state index in [2.05, 4.69) is 141 Å². The van der Waals surface area contributed by atoms with E-state index in [0.717, 1.165) is 168 Å². The Morgan fingerprint density at radius 1 is 0.593 bits per heavy atom. The molecule has 24 heteroatoms. The van der Waals surface area contributed by atoms with Crippen molar-refractivity contribution in [3.05, 3.63) is 77.7 Å². The van der Waals surface area contributed by atoms with Crippen LogP contribution in [0, 0.1) is 0 Å². The Balaban J connectivity index is 0.000000124. The van der Waals surface area contributed by atoms with Gasteiger partial charge in [-0.15, -0.1) is 34.0 Å². The fraction of sp³-hybridized carbons (Fsp3) is 0.474. The Labute approximate surface area is 491 Å². The van der Waals surface area contributed by atoms with Gasteiger partial charge >= 0.3 is 0 Å². The zero-order chi connectivity index (χ0) is 56.3. The normalized spacial score (nSPS) is 18.8. The highest BCUT2D eigenvalue weighted by atomic mass is 79.9. The molecule has 2 unspecified atom stereocenters. The fourth-order valence-electron chi connectivity index (χ4n) is 9.58. The quantitative estimate of drug-likeness (QED) is 0.0636. The molecule has 0 aromatic carbocycles. The number of nitrogen functional groups attached to an aromatic ring is 1. The summed E-state index contributed by atoms with van der Waals surface area (Å²) in [7, 11) is 0. The van der Waals surface area contributed by atoms with Crippen LogP contribution < -0.4 is 32.7 Å². The van der Waals surface area contributed by atoms with Crippen molar-refractivity contribution in [2.75, 3.05) is 79.9 Å². The van der Waals surface area contributed by atoms with E-state index in [4.69, 9.17) is 45.1 Å². The summed E-state index contributed by atoms with van der Waals surface area (Å²) in [6.07, 6.45) is 12.2. The highest BCUT2D eigenvalue weighted by Gasteiger charge is 2.26. The summed E-state index contributed by atoms with van der Waals surface area (Å²) >= 11 is 8.87. The number of rotatable bonds is 11. The van der Waals surface area contributed by atoms with Crippen LogP contribution in [0.1, 0.15) is 92.5 Å². The van der Waals surface area contributed by atoms with Crippen molar-refractivity contribution in [3.63, 3.8) is 0 Å². The van der Waals surface area contributed by atoms with Crippen molar-refractivity contribution in [1.29, 1.82) is 0 Å². The molecule has 0 radical (unpaired) electrons. The molecule has 5 fully saturated rings. The van der Waals surface area contributed by atoms with Crippen LogP contribution in [0.15, 0.2) is 77.7 Å². The number of nitrogens with zero attached hydrogens (tertiary/aromatic N) is 8. The maximum atomic E-state index is 5.98. The number of aromatic nitrogens is 9. The van der Waals surface area contributed by atoms with Crippen molar-refractivity contribution >= 4 is 109 Å². The van der Waals surface area contributed by atoms with Gasteiger partial charge in [-0.1, -0.05) is 0 Å². The number of nitrogens with two attached hydrogens (primary N) is 2. The first-order valence-corrected chi connectivity index (χ1v) is 30.9. The average Bonchev–Trinajstić information content (AvgIpc) is 4.33. The van der Waals surface area contributed by atoms with Crippen molar-refractivity contribution in [1.82, 2.24) is 44.7 Å². The molecule has 9 N–H and O–H groups in total. The van der Waals surface area contributed by atoms with E-state index in [1.54, 1.807) is 40.2 Å². The van der Waals surface area contributed by atoms with Crippen molar-refractivity contribution in [2.24, 2.45) is 5.73 Å². The minimum Gasteiger partial charge on any atom is -0.384 e. The number of aromatic amines is 1. The van der Waals surface area contributed by atoms with Crippen LogP contribution in [0.5, 0.6) is 0 Å². The van der Waals surface area contributed by atoms with Gasteiger partial charge in [0.05, 0.1) is 132 Å². The number of hydrogen-bond acceptors (Lipinski definition) is 20. The molecule has 0 bridgehead atoms. The van der Waals surface area contributed by atoms with E-state index in [1.165, 1.54) is 12.8 Å². The molecule has 0 amide bonds. The monoisotopic (exact) mass is 1220 g/mol. The summed E-state index contributed by atoms with van der Waals surface area (Å²) in [6, 6.07) is 19.5. The van der Waals surface area contributed by atoms with Gasteiger partial charge in [0.2, 0.25) is 0 Å². The smallest absolute Gasteiger partial charge is 0.150 e. The number of fused-ring (bicyclic) bond motifs is 3. The predicted octanol–water partition coefficient (Wildman–Crippen LogP) is 12.1. The maximum Gasteiger partial charge on any atom is 0.150 e. The lowest BCUT2D eigenvalue weighted by Crippen LogP contribution is -2.41. The molecule has 14 rings (SSSR count). The molecule has 430 valence electrons. The topological polar surface area (TPSA) is 249 Å². The molecule has 9 aromatic heterocycles. The highest BCUT2D eigenvalue weighted by Crippen LogP contribution is 2.42. The second-order valence-corrected chi connectivity index (χ2v) is 26.9. The second kappa shape index (κ2) is 25.0. The molecule has 5 saturated heterocycles. The minimum atomic E-state index is -0.0622. The number of ether oxygens (including phenoxy) is 5. The Kier molecular flexibility index (Phi) is 17.6. The van der Waals surface area contributed by atoms with Gasteiger partial charge in [-0.25, -0.2) is 24.3 Å². The molecule has 14 heterocycles.